The highest BCUT2D eigenvalue weighted by molar-refractivity contribution is 5.76. The number of likely N-dealkylation sites (tertiary alicyclic amines) is 1. The van der Waals surface area contributed by atoms with Gasteiger partial charge in [-0.2, -0.15) is 18.3 Å². The largest absolute Gasteiger partial charge is 0.490 e. The van der Waals surface area contributed by atoms with Crippen molar-refractivity contribution < 1.29 is 33.0 Å². The molecule has 1 aromatic heterocycles. The predicted molar refractivity (Wildman–Crippen MR) is 93.3 cm³/mol. The number of carbonyl (C=O) groups is 2. The van der Waals surface area contributed by atoms with E-state index >= 15 is 0 Å². The standard InChI is InChI=1S/C16H19N3O2.C2HF3O2/c1-16(2)10-19(14(16)15(20)21)9-12-8-17-18-13(12)11-6-4-3-5-7-11;3-2(4,5)1(6)7/h3-8,14H,9-10H2,1-2H3,(H,17,18)(H,20,21);(H,6,7). The van der Waals surface area contributed by atoms with Crippen LogP contribution in [0.1, 0.15) is 19.4 Å². The van der Waals surface area contributed by atoms with Gasteiger partial charge in [-0.1, -0.05) is 44.2 Å². The molecule has 1 aliphatic heterocycles. The van der Waals surface area contributed by atoms with Crippen LogP contribution in [0.2, 0.25) is 0 Å². The molecule has 1 atom stereocenters. The van der Waals surface area contributed by atoms with E-state index in [0.29, 0.717) is 6.54 Å². The van der Waals surface area contributed by atoms with E-state index in [0.717, 1.165) is 23.4 Å². The van der Waals surface area contributed by atoms with Crippen LogP contribution >= 0.6 is 0 Å². The number of H-pyrrole nitrogens is 1. The normalized spacial score (nSPS) is 18.5. The first-order valence-corrected chi connectivity index (χ1v) is 8.28. The van der Waals surface area contributed by atoms with Gasteiger partial charge >= 0.3 is 18.1 Å². The number of aromatic amines is 1. The van der Waals surface area contributed by atoms with Crippen LogP contribution in [-0.4, -0.2) is 56.0 Å². The summed E-state index contributed by atoms with van der Waals surface area (Å²) >= 11 is 0. The van der Waals surface area contributed by atoms with Gasteiger partial charge in [0.05, 0.1) is 11.9 Å². The fourth-order valence-electron chi connectivity index (χ4n) is 3.23. The molecule has 10 heteroatoms. The molecule has 1 aromatic carbocycles. The van der Waals surface area contributed by atoms with E-state index in [1.165, 1.54) is 0 Å². The Morgan fingerprint density at radius 1 is 1.25 bits per heavy atom. The topological polar surface area (TPSA) is 107 Å². The summed E-state index contributed by atoms with van der Waals surface area (Å²) in [6.45, 7) is 5.37. The third-order valence-electron chi connectivity index (χ3n) is 4.35. The van der Waals surface area contributed by atoms with Gasteiger partial charge in [0, 0.05) is 24.1 Å². The maximum Gasteiger partial charge on any atom is 0.490 e. The monoisotopic (exact) mass is 399 g/mol. The van der Waals surface area contributed by atoms with Gasteiger partial charge in [0.2, 0.25) is 0 Å². The minimum atomic E-state index is -5.08. The number of halogens is 3. The number of hydrogen-bond acceptors (Lipinski definition) is 4. The highest BCUT2D eigenvalue weighted by Gasteiger charge is 2.50. The molecule has 1 aliphatic rings. The summed E-state index contributed by atoms with van der Waals surface area (Å²) < 4.78 is 31.7. The summed E-state index contributed by atoms with van der Waals surface area (Å²) in [5.41, 5.74) is 2.88. The molecular formula is C18H20F3N3O4. The molecule has 2 aromatic rings. The summed E-state index contributed by atoms with van der Waals surface area (Å²) in [4.78, 5) is 22.3. The van der Waals surface area contributed by atoms with Crippen molar-refractivity contribution in [2.45, 2.75) is 32.6 Å². The molecule has 0 aliphatic carbocycles. The number of hydrogen-bond donors (Lipinski definition) is 3. The second-order valence-electron chi connectivity index (χ2n) is 7.07. The van der Waals surface area contributed by atoms with E-state index in [1.54, 1.807) is 6.20 Å². The third-order valence-corrected chi connectivity index (χ3v) is 4.35. The quantitative estimate of drug-likeness (QED) is 0.730. The Labute approximate surface area is 158 Å². The smallest absolute Gasteiger partial charge is 0.480 e. The number of nitrogens with one attached hydrogen (secondary N) is 1. The van der Waals surface area contributed by atoms with Gasteiger partial charge in [0.25, 0.3) is 0 Å². The van der Waals surface area contributed by atoms with Gasteiger partial charge in [-0.3, -0.25) is 14.8 Å². The van der Waals surface area contributed by atoms with Crippen molar-refractivity contribution in [1.29, 1.82) is 0 Å². The third kappa shape index (κ3) is 4.89. The zero-order valence-electron chi connectivity index (χ0n) is 15.2. The molecule has 7 nitrogen and oxygen atoms in total. The van der Waals surface area contributed by atoms with Crippen molar-refractivity contribution in [3.63, 3.8) is 0 Å². The van der Waals surface area contributed by atoms with Crippen LogP contribution in [0.3, 0.4) is 0 Å². The number of carboxylic acids is 2. The molecule has 0 amide bonds. The van der Waals surface area contributed by atoms with Crippen molar-refractivity contribution >= 4 is 11.9 Å². The summed E-state index contributed by atoms with van der Waals surface area (Å²) in [6.07, 6.45) is -3.30. The molecule has 1 fully saturated rings. The number of aromatic nitrogens is 2. The predicted octanol–water partition coefficient (Wildman–Crippen LogP) is 3.01. The van der Waals surface area contributed by atoms with E-state index in [-0.39, 0.29) is 5.41 Å². The van der Waals surface area contributed by atoms with Crippen molar-refractivity contribution in [2.75, 3.05) is 6.54 Å². The van der Waals surface area contributed by atoms with Gasteiger partial charge in [0.1, 0.15) is 6.04 Å². The van der Waals surface area contributed by atoms with Gasteiger partial charge in [0.15, 0.2) is 0 Å². The van der Waals surface area contributed by atoms with Crippen molar-refractivity contribution in [1.82, 2.24) is 15.1 Å². The van der Waals surface area contributed by atoms with Crippen molar-refractivity contribution in [2.24, 2.45) is 5.41 Å². The summed E-state index contributed by atoms with van der Waals surface area (Å²) in [6, 6.07) is 9.53. The highest BCUT2D eigenvalue weighted by atomic mass is 19.4. The molecule has 0 bridgehead atoms. The molecule has 3 rings (SSSR count). The average molecular weight is 399 g/mol. The fourth-order valence-corrected chi connectivity index (χ4v) is 3.23. The maximum atomic E-state index is 11.4. The molecule has 152 valence electrons. The van der Waals surface area contributed by atoms with Crippen LogP contribution < -0.4 is 0 Å². The molecular weight excluding hydrogens is 379 g/mol. The van der Waals surface area contributed by atoms with E-state index in [2.05, 4.69) is 10.2 Å². The van der Waals surface area contributed by atoms with Gasteiger partial charge in [-0.15, -0.1) is 0 Å². The SMILES string of the molecule is CC1(C)CN(Cc2cn[nH]c2-c2ccccc2)C1C(=O)O.O=C(O)C(F)(F)F. The molecule has 1 saturated heterocycles. The van der Waals surface area contributed by atoms with E-state index in [1.807, 2.05) is 49.1 Å². The Morgan fingerprint density at radius 2 is 1.82 bits per heavy atom. The van der Waals surface area contributed by atoms with Crippen molar-refractivity contribution in [3.05, 3.63) is 42.1 Å². The second kappa shape index (κ2) is 8.01. The minimum Gasteiger partial charge on any atom is -0.480 e. The Hall–Kier alpha value is -2.88. The molecule has 1 unspecified atom stereocenters. The van der Waals surface area contributed by atoms with Crippen LogP contribution in [0.5, 0.6) is 0 Å². The van der Waals surface area contributed by atoms with E-state index in [9.17, 15) is 23.1 Å². The minimum absolute atomic E-state index is 0.178. The Kier molecular flexibility index (Phi) is 6.13. The van der Waals surface area contributed by atoms with E-state index in [4.69, 9.17) is 9.90 Å². The van der Waals surface area contributed by atoms with Crippen LogP contribution in [0.15, 0.2) is 36.5 Å². The van der Waals surface area contributed by atoms with Crippen LogP contribution in [-0.2, 0) is 16.1 Å². The number of nitrogens with zero attached hydrogens (tertiary/aromatic N) is 2. The Morgan fingerprint density at radius 3 is 2.29 bits per heavy atom. The van der Waals surface area contributed by atoms with Gasteiger partial charge in [-0.05, 0) is 5.56 Å². The summed E-state index contributed by atoms with van der Waals surface area (Å²) in [5, 5.41) is 23.6. The van der Waals surface area contributed by atoms with Crippen LogP contribution in [0.4, 0.5) is 13.2 Å². The zero-order valence-corrected chi connectivity index (χ0v) is 15.2. The lowest BCUT2D eigenvalue weighted by molar-refractivity contribution is -0.192. The van der Waals surface area contributed by atoms with Crippen LogP contribution in [0, 0.1) is 5.41 Å². The number of rotatable bonds is 4. The Balaban J connectivity index is 0.000000345. The van der Waals surface area contributed by atoms with Crippen LogP contribution in [0.25, 0.3) is 11.3 Å². The zero-order chi connectivity index (χ0) is 21.1. The first-order valence-electron chi connectivity index (χ1n) is 8.28. The number of benzene rings is 1. The molecule has 3 N–H and O–H groups in total. The lowest BCUT2D eigenvalue weighted by Gasteiger charge is -2.51. The fraction of sp³-hybridized carbons (Fsp3) is 0.389. The first kappa shape index (κ1) is 21.4. The highest BCUT2D eigenvalue weighted by Crippen LogP contribution is 2.38. The number of alkyl halides is 3. The van der Waals surface area contributed by atoms with Gasteiger partial charge in [-0.25, -0.2) is 4.79 Å². The summed E-state index contributed by atoms with van der Waals surface area (Å²) in [5.74, 6) is -3.51. The second-order valence-corrected chi connectivity index (χ2v) is 7.07. The number of aliphatic carboxylic acids is 2. The molecule has 0 saturated carbocycles. The molecule has 0 spiro atoms. The average Bonchev–Trinajstić information content (AvgIpc) is 3.02. The van der Waals surface area contributed by atoms with E-state index < -0.39 is 24.2 Å². The Bertz CT molecular complexity index is 834. The number of carboxylic acid groups (broad SMARTS) is 2. The maximum absolute atomic E-state index is 11.4. The first-order chi connectivity index (χ1) is 12.9. The molecule has 28 heavy (non-hydrogen) atoms. The summed E-state index contributed by atoms with van der Waals surface area (Å²) in [7, 11) is 0. The molecule has 2 heterocycles. The lowest BCUT2D eigenvalue weighted by Crippen LogP contribution is -2.64. The van der Waals surface area contributed by atoms with Crippen molar-refractivity contribution in [3.8, 4) is 11.3 Å². The molecule has 0 radical (unpaired) electrons. The van der Waals surface area contributed by atoms with Gasteiger partial charge < -0.3 is 10.2 Å². The lowest BCUT2D eigenvalue weighted by atomic mass is 9.74.